The summed E-state index contributed by atoms with van der Waals surface area (Å²) in [6.45, 7) is 7.52. The number of benzene rings is 2. The van der Waals surface area contributed by atoms with Gasteiger partial charge in [-0.05, 0) is 44.0 Å². The van der Waals surface area contributed by atoms with Crippen molar-refractivity contribution in [2.75, 3.05) is 44.8 Å². The lowest BCUT2D eigenvalue weighted by Crippen LogP contribution is -2.41. The van der Waals surface area contributed by atoms with Gasteiger partial charge < -0.3 is 14.5 Å². The number of carbonyl (C=O) groups excluding carboxylic acids is 2. The molecule has 9 heteroatoms. The van der Waals surface area contributed by atoms with Gasteiger partial charge in [-0.1, -0.05) is 30.3 Å². The summed E-state index contributed by atoms with van der Waals surface area (Å²) in [6.07, 6.45) is 2.29. The van der Waals surface area contributed by atoms with Crippen molar-refractivity contribution in [1.29, 1.82) is 0 Å². The summed E-state index contributed by atoms with van der Waals surface area (Å²) in [4.78, 5) is 36.9. The topological polar surface area (TPSA) is 94.7 Å². The number of hydrogen-bond donors (Lipinski definition) is 1. The van der Waals surface area contributed by atoms with Gasteiger partial charge in [0, 0.05) is 62.7 Å². The lowest BCUT2D eigenvalue weighted by atomic mass is 10.1. The fourth-order valence-corrected chi connectivity index (χ4v) is 4.55. The first-order valence-electron chi connectivity index (χ1n) is 12.3. The van der Waals surface area contributed by atoms with Gasteiger partial charge in [-0.3, -0.25) is 19.6 Å². The largest absolute Gasteiger partial charge is 0.375 e. The number of carbonyl (C=O) groups is 2. The normalized spacial score (nSPS) is 15.4. The molecule has 1 aliphatic rings. The first kappa shape index (κ1) is 25.5. The number of nitrogens with zero attached hydrogens (tertiary/aromatic N) is 5. The molecule has 9 nitrogen and oxygen atoms in total. The lowest BCUT2D eigenvalue weighted by molar-refractivity contribution is -0.122. The zero-order valence-corrected chi connectivity index (χ0v) is 21.2. The van der Waals surface area contributed by atoms with Crippen molar-refractivity contribution in [1.82, 2.24) is 25.0 Å². The summed E-state index contributed by atoms with van der Waals surface area (Å²) in [5.41, 5.74) is 3.24. The molecule has 1 N–H and O–H groups in total. The lowest BCUT2D eigenvalue weighted by Gasteiger charge is -2.30. The summed E-state index contributed by atoms with van der Waals surface area (Å²) in [6, 6.07) is 15.6. The van der Waals surface area contributed by atoms with Crippen molar-refractivity contribution in [2.45, 2.75) is 32.9 Å². The predicted molar refractivity (Wildman–Crippen MR) is 139 cm³/mol. The van der Waals surface area contributed by atoms with Crippen LogP contribution in [0.1, 0.15) is 36.2 Å². The number of para-hydroxylation sites is 1. The molecule has 0 aliphatic carbocycles. The summed E-state index contributed by atoms with van der Waals surface area (Å²) >= 11 is 0. The molecule has 1 aromatic heterocycles. The number of aromatic nitrogens is 3. The Bertz CT molecular complexity index is 1150. The van der Waals surface area contributed by atoms with Gasteiger partial charge in [0.05, 0.1) is 0 Å². The van der Waals surface area contributed by atoms with E-state index in [4.69, 9.17) is 4.74 Å². The maximum atomic E-state index is 13.7. The molecule has 0 bridgehead atoms. The number of anilines is 1. The van der Waals surface area contributed by atoms with Crippen LogP contribution in [0, 0.1) is 0 Å². The molecule has 0 atom stereocenters. The first-order chi connectivity index (χ1) is 17.5. The van der Waals surface area contributed by atoms with Gasteiger partial charge >= 0.3 is 0 Å². The first-order valence-corrected chi connectivity index (χ1v) is 12.3. The number of aromatic amines is 1. The smallest absolute Gasteiger partial charge is 0.254 e. The molecule has 190 valence electrons. The third kappa shape index (κ3) is 5.98. The van der Waals surface area contributed by atoms with Gasteiger partial charge in [-0.15, -0.1) is 0 Å². The van der Waals surface area contributed by atoms with Crippen LogP contribution in [0.5, 0.6) is 0 Å². The third-order valence-corrected chi connectivity index (χ3v) is 6.53. The van der Waals surface area contributed by atoms with E-state index in [1.165, 1.54) is 13.4 Å². The number of H-pyrrole nitrogens is 1. The molecule has 0 unspecified atom stereocenters. The van der Waals surface area contributed by atoms with Crippen LogP contribution in [-0.4, -0.2) is 82.7 Å². The highest BCUT2D eigenvalue weighted by Crippen LogP contribution is 2.25. The molecular formula is C27H34N6O3. The molecule has 4 rings (SSSR count). The second-order valence-corrected chi connectivity index (χ2v) is 9.23. The Morgan fingerprint density at radius 1 is 1.03 bits per heavy atom. The monoisotopic (exact) mass is 490 g/mol. The zero-order valence-electron chi connectivity index (χ0n) is 21.2. The van der Waals surface area contributed by atoms with E-state index in [9.17, 15) is 9.59 Å². The molecule has 0 radical (unpaired) electrons. The quantitative estimate of drug-likeness (QED) is 0.590. The molecule has 36 heavy (non-hydrogen) atoms. The maximum Gasteiger partial charge on any atom is 0.254 e. The van der Waals surface area contributed by atoms with Crippen molar-refractivity contribution in [2.24, 2.45) is 0 Å². The summed E-state index contributed by atoms with van der Waals surface area (Å²) in [5, 5.41) is 6.74. The molecule has 2 heterocycles. The van der Waals surface area contributed by atoms with E-state index in [-0.39, 0.29) is 18.4 Å². The van der Waals surface area contributed by atoms with Crippen LogP contribution in [0.4, 0.5) is 5.69 Å². The predicted octanol–water partition coefficient (Wildman–Crippen LogP) is 3.21. The van der Waals surface area contributed by atoms with Crippen molar-refractivity contribution < 1.29 is 14.3 Å². The maximum absolute atomic E-state index is 13.7. The number of nitrogens with one attached hydrogen (secondary N) is 1. The number of rotatable bonds is 5. The van der Waals surface area contributed by atoms with Crippen LogP contribution < -0.4 is 4.90 Å². The van der Waals surface area contributed by atoms with Crippen LogP contribution in [-0.2, 0) is 16.1 Å². The molecule has 3 aromatic rings. The van der Waals surface area contributed by atoms with E-state index in [2.05, 4.69) is 33.9 Å². The van der Waals surface area contributed by atoms with Crippen molar-refractivity contribution in [3.63, 3.8) is 0 Å². The minimum atomic E-state index is -0.0822. The number of fused-ring (bicyclic) bond motifs is 1. The van der Waals surface area contributed by atoms with Gasteiger partial charge in [0.2, 0.25) is 0 Å². The van der Waals surface area contributed by atoms with E-state index in [0.717, 1.165) is 36.3 Å². The van der Waals surface area contributed by atoms with Crippen LogP contribution in [0.25, 0.3) is 11.4 Å². The molecular weight excluding hydrogens is 456 g/mol. The van der Waals surface area contributed by atoms with Crippen molar-refractivity contribution in [3.05, 3.63) is 66.0 Å². The molecule has 2 amide bonds. The Balaban J connectivity index is 1.66. The van der Waals surface area contributed by atoms with Gasteiger partial charge in [0.25, 0.3) is 11.8 Å². The van der Waals surface area contributed by atoms with Crippen LogP contribution in [0.2, 0.25) is 0 Å². The minimum Gasteiger partial charge on any atom is -0.375 e. The highest BCUT2D eigenvalue weighted by molar-refractivity contribution is 5.96. The third-order valence-electron chi connectivity index (χ3n) is 6.53. The number of methoxy groups -OCH3 is 1. The zero-order chi connectivity index (χ0) is 25.5. The van der Waals surface area contributed by atoms with Crippen LogP contribution in [0.15, 0.2) is 54.9 Å². The Morgan fingerprint density at radius 3 is 2.50 bits per heavy atom. The highest BCUT2D eigenvalue weighted by Gasteiger charge is 2.24. The number of amides is 2. The molecule has 0 spiro atoms. The van der Waals surface area contributed by atoms with Gasteiger partial charge in [-0.25, -0.2) is 4.98 Å². The van der Waals surface area contributed by atoms with Crippen LogP contribution >= 0.6 is 0 Å². The molecule has 0 saturated heterocycles. The SMILES string of the molecule is COCC(=O)N1CCCN(C(C)C)CCN(C(=O)c2ccc(-c3ncn[nH]3)cc2)Cc2ccccc21. The summed E-state index contributed by atoms with van der Waals surface area (Å²) in [7, 11) is 1.53. The van der Waals surface area contributed by atoms with Crippen molar-refractivity contribution in [3.8, 4) is 11.4 Å². The number of ether oxygens (including phenoxy) is 1. The van der Waals surface area contributed by atoms with Crippen LogP contribution in [0.3, 0.4) is 0 Å². The van der Waals surface area contributed by atoms with Gasteiger partial charge in [-0.2, -0.15) is 5.10 Å². The highest BCUT2D eigenvalue weighted by atomic mass is 16.5. The van der Waals surface area contributed by atoms with E-state index >= 15 is 0 Å². The Labute approximate surface area is 212 Å². The van der Waals surface area contributed by atoms with E-state index in [1.807, 2.05) is 53.4 Å². The fourth-order valence-electron chi connectivity index (χ4n) is 4.55. The minimum absolute atomic E-state index is 0.0163. The van der Waals surface area contributed by atoms with E-state index in [1.54, 1.807) is 4.90 Å². The molecule has 0 saturated carbocycles. The Kier molecular flexibility index (Phi) is 8.45. The van der Waals surface area contributed by atoms with E-state index < -0.39 is 0 Å². The fraction of sp³-hybridized carbons (Fsp3) is 0.407. The second-order valence-electron chi connectivity index (χ2n) is 9.23. The molecule has 0 fully saturated rings. The average molecular weight is 491 g/mol. The second kappa shape index (κ2) is 11.9. The summed E-state index contributed by atoms with van der Waals surface area (Å²) < 4.78 is 5.16. The van der Waals surface area contributed by atoms with Crippen molar-refractivity contribution >= 4 is 17.5 Å². The van der Waals surface area contributed by atoms with Gasteiger partial charge in [0.1, 0.15) is 12.9 Å². The summed E-state index contributed by atoms with van der Waals surface area (Å²) in [5.74, 6) is 0.527. The Morgan fingerprint density at radius 2 is 1.81 bits per heavy atom. The molecule has 2 aromatic carbocycles. The number of hydrogen-bond acceptors (Lipinski definition) is 6. The van der Waals surface area contributed by atoms with Gasteiger partial charge in [0.15, 0.2) is 5.82 Å². The Hall–Kier alpha value is -3.56. The average Bonchev–Trinajstić information content (AvgIpc) is 3.41. The molecule has 1 aliphatic heterocycles. The van der Waals surface area contributed by atoms with E-state index in [0.29, 0.717) is 37.1 Å². The standard InChI is InChI=1S/C27H34N6O3/c1-20(2)31-13-6-14-33(25(34)18-36-3)24-8-5-4-7-23(24)17-32(16-15-31)27(35)22-11-9-21(10-12-22)26-28-19-29-30-26/h4-5,7-12,19-20H,6,13-18H2,1-3H3,(H,28,29,30).